The number of carbonyl (C=O) groups is 1. The number of amides is 1. The summed E-state index contributed by atoms with van der Waals surface area (Å²) in [4.78, 5) is 11.5. The third kappa shape index (κ3) is 3.55. The third-order valence-corrected chi connectivity index (χ3v) is 2.40. The van der Waals surface area contributed by atoms with E-state index in [2.05, 4.69) is 5.32 Å². The van der Waals surface area contributed by atoms with E-state index in [9.17, 15) is 4.79 Å². The average Bonchev–Trinajstić information content (AvgIpc) is 2.25. The number of rotatable bonds is 5. The van der Waals surface area contributed by atoms with Crippen LogP contribution in [0.25, 0.3) is 0 Å². The van der Waals surface area contributed by atoms with Crippen molar-refractivity contribution < 1.29 is 9.53 Å². The van der Waals surface area contributed by atoms with Crippen LogP contribution in [0.3, 0.4) is 0 Å². The lowest BCUT2D eigenvalue weighted by Gasteiger charge is -2.09. The van der Waals surface area contributed by atoms with Crippen molar-refractivity contribution >= 4 is 17.3 Å². The summed E-state index contributed by atoms with van der Waals surface area (Å²) in [7, 11) is 1.62. The molecule has 0 radical (unpaired) electrons. The van der Waals surface area contributed by atoms with E-state index in [0.29, 0.717) is 18.7 Å². The highest BCUT2D eigenvalue weighted by Gasteiger charge is 2.05. The fraction of sp³-hybridized carbons (Fsp3) is 0.417. The van der Waals surface area contributed by atoms with Crippen molar-refractivity contribution in [3.05, 3.63) is 23.8 Å². The normalized spacial score (nSPS) is 10.1. The molecule has 1 aromatic rings. The molecule has 0 bridgehead atoms. The van der Waals surface area contributed by atoms with Crippen LogP contribution in [0, 0.1) is 6.92 Å². The predicted octanol–water partition coefficient (Wildman–Crippen LogP) is 1.94. The minimum absolute atomic E-state index is 0.00856. The number of ether oxygens (including phenoxy) is 1. The van der Waals surface area contributed by atoms with Gasteiger partial charge in [-0.3, -0.25) is 4.79 Å². The molecule has 0 unspecified atom stereocenters. The van der Waals surface area contributed by atoms with Crippen molar-refractivity contribution in [2.45, 2.75) is 19.8 Å². The largest absolute Gasteiger partial charge is 0.398 e. The molecule has 1 rings (SSSR count). The Morgan fingerprint density at radius 3 is 2.94 bits per heavy atom. The molecule has 0 fully saturated rings. The summed E-state index contributed by atoms with van der Waals surface area (Å²) in [6.45, 7) is 2.49. The van der Waals surface area contributed by atoms with Crippen molar-refractivity contribution in [2.75, 3.05) is 24.8 Å². The molecule has 3 N–H and O–H groups in total. The van der Waals surface area contributed by atoms with Crippen molar-refractivity contribution in [3.8, 4) is 0 Å². The summed E-state index contributed by atoms with van der Waals surface area (Å²) in [6, 6.07) is 5.49. The number of carbonyl (C=O) groups excluding carboxylic acids is 1. The van der Waals surface area contributed by atoms with Crippen molar-refractivity contribution in [1.29, 1.82) is 0 Å². The smallest absolute Gasteiger partial charge is 0.224 e. The number of benzene rings is 1. The SMILES string of the molecule is COCCCC(=O)Nc1cccc(N)c1C. The molecule has 0 atom stereocenters. The lowest BCUT2D eigenvalue weighted by molar-refractivity contribution is -0.116. The first-order valence-corrected chi connectivity index (χ1v) is 5.29. The van der Waals surface area contributed by atoms with Gasteiger partial charge in [-0.25, -0.2) is 0 Å². The van der Waals surface area contributed by atoms with Gasteiger partial charge in [-0.15, -0.1) is 0 Å². The molecule has 0 saturated carbocycles. The first kappa shape index (κ1) is 12.5. The Bertz CT molecular complexity index is 364. The molecular formula is C12H18N2O2. The number of nitrogen functional groups attached to an aromatic ring is 1. The van der Waals surface area contributed by atoms with Gasteiger partial charge < -0.3 is 15.8 Å². The van der Waals surface area contributed by atoms with E-state index < -0.39 is 0 Å². The van der Waals surface area contributed by atoms with Gasteiger partial charge in [0.25, 0.3) is 0 Å². The molecular weight excluding hydrogens is 204 g/mol. The second-order valence-corrected chi connectivity index (χ2v) is 3.66. The van der Waals surface area contributed by atoms with E-state index in [0.717, 1.165) is 17.7 Å². The Kier molecular flexibility index (Phi) is 4.79. The molecule has 0 aromatic heterocycles. The molecule has 0 heterocycles. The van der Waals surface area contributed by atoms with Crippen LogP contribution in [0.1, 0.15) is 18.4 Å². The van der Waals surface area contributed by atoms with Crippen LogP contribution in [0.4, 0.5) is 11.4 Å². The quantitative estimate of drug-likeness (QED) is 0.591. The lowest BCUT2D eigenvalue weighted by atomic mass is 10.1. The number of methoxy groups -OCH3 is 1. The van der Waals surface area contributed by atoms with E-state index in [1.165, 1.54) is 0 Å². The molecule has 0 saturated heterocycles. The van der Waals surface area contributed by atoms with Crippen LogP contribution in [0.15, 0.2) is 18.2 Å². The Hall–Kier alpha value is -1.55. The first-order chi connectivity index (χ1) is 7.65. The number of nitrogens with one attached hydrogen (secondary N) is 1. The maximum Gasteiger partial charge on any atom is 0.224 e. The zero-order valence-corrected chi connectivity index (χ0v) is 9.75. The Balaban J connectivity index is 2.53. The highest BCUT2D eigenvalue weighted by Crippen LogP contribution is 2.20. The number of nitrogens with two attached hydrogens (primary N) is 1. The molecule has 1 amide bonds. The zero-order valence-electron chi connectivity index (χ0n) is 9.75. The van der Waals surface area contributed by atoms with E-state index in [1.807, 2.05) is 25.1 Å². The number of anilines is 2. The summed E-state index contributed by atoms with van der Waals surface area (Å²) in [5.74, 6) is -0.00856. The molecule has 1 aromatic carbocycles. The van der Waals surface area contributed by atoms with Crippen LogP contribution in [-0.2, 0) is 9.53 Å². The predicted molar refractivity (Wildman–Crippen MR) is 65.3 cm³/mol. The third-order valence-electron chi connectivity index (χ3n) is 2.40. The maximum atomic E-state index is 11.5. The van der Waals surface area contributed by atoms with Gasteiger partial charge >= 0.3 is 0 Å². The van der Waals surface area contributed by atoms with Crippen LogP contribution >= 0.6 is 0 Å². The van der Waals surface area contributed by atoms with Crippen LogP contribution in [0.5, 0.6) is 0 Å². The Morgan fingerprint density at radius 1 is 1.50 bits per heavy atom. The summed E-state index contributed by atoms with van der Waals surface area (Å²) < 4.78 is 4.89. The van der Waals surface area contributed by atoms with Crippen LogP contribution in [-0.4, -0.2) is 19.6 Å². The van der Waals surface area contributed by atoms with Crippen molar-refractivity contribution in [2.24, 2.45) is 0 Å². The molecule has 0 aliphatic heterocycles. The standard InChI is InChI=1S/C12H18N2O2/c1-9-10(13)5-3-6-11(9)14-12(15)7-4-8-16-2/h3,5-6H,4,7-8,13H2,1-2H3,(H,14,15). The summed E-state index contributed by atoms with van der Waals surface area (Å²) in [5, 5.41) is 2.84. The minimum Gasteiger partial charge on any atom is -0.398 e. The van der Waals surface area contributed by atoms with Crippen molar-refractivity contribution in [1.82, 2.24) is 0 Å². The fourth-order valence-corrected chi connectivity index (χ4v) is 1.38. The van der Waals surface area contributed by atoms with Crippen molar-refractivity contribution in [3.63, 3.8) is 0 Å². The van der Waals surface area contributed by atoms with Gasteiger partial charge in [-0.2, -0.15) is 0 Å². The maximum absolute atomic E-state index is 11.5. The van der Waals surface area contributed by atoms with Gasteiger partial charge in [0.2, 0.25) is 5.91 Å². The number of hydrogen-bond acceptors (Lipinski definition) is 3. The van der Waals surface area contributed by atoms with E-state index in [-0.39, 0.29) is 5.91 Å². The summed E-state index contributed by atoms with van der Waals surface area (Å²) >= 11 is 0. The average molecular weight is 222 g/mol. The molecule has 0 aliphatic rings. The molecule has 0 aliphatic carbocycles. The molecule has 4 nitrogen and oxygen atoms in total. The van der Waals surface area contributed by atoms with Crippen LogP contribution in [0.2, 0.25) is 0 Å². The van der Waals surface area contributed by atoms with Gasteiger partial charge in [-0.05, 0) is 31.0 Å². The molecule has 88 valence electrons. The molecule has 0 spiro atoms. The minimum atomic E-state index is -0.00856. The highest BCUT2D eigenvalue weighted by molar-refractivity contribution is 5.92. The molecule has 4 heteroatoms. The van der Waals surface area contributed by atoms with Gasteiger partial charge in [0.15, 0.2) is 0 Å². The number of hydrogen-bond donors (Lipinski definition) is 2. The van der Waals surface area contributed by atoms with Gasteiger partial charge in [-0.1, -0.05) is 6.07 Å². The van der Waals surface area contributed by atoms with Gasteiger partial charge in [0.05, 0.1) is 0 Å². The second kappa shape index (κ2) is 6.12. The monoisotopic (exact) mass is 222 g/mol. The summed E-state index contributed by atoms with van der Waals surface area (Å²) in [6.07, 6.45) is 1.19. The Morgan fingerprint density at radius 2 is 2.25 bits per heavy atom. The highest BCUT2D eigenvalue weighted by atomic mass is 16.5. The van der Waals surface area contributed by atoms with E-state index in [4.69, 9.17) is 10.5 Å². The van der Waals surface area contributed by atoms with Crippen LogP contribution < -0.4 is 11.1 Å². The van der Waals surface area contributed by atoms with E-state index >= 15 is 0 Å². The Labute approximate surface area is 95.8 Å². The second-order valence-electron chi connectivity index (χ2n) is 3.66. The first-order valence-electron chi connectivity index (χ1n) is 5.29. The molecule has 16 heavy (non-hydrogen) atoms. The lowest BCUT2D eigenvalue weighted by Crippen LogP contribution is -2.13. The fourth-order valence-electron chi connectivity index (χ4n) is 1.38. The topological polar surface area (TPSA) is 64.3 Å². The van der Waals surface area contributed by atoms with Gasteiger partial charge in [0.1, 0.15) is 0 Å². The zero-order chi connectivity index (χ0) is 12.0. The van der Waals surface area contributed by atoms with Gasteiger partial charge in [0, 0.05) is 31.5 Å². The summed E-state index contributed by atoms with van der Waals surface area (Å²) in [5.41, 5.74) is 8.12. The van der Waals surface area contributed by atoms with E-state index in [1.54, 1.807) is 7.11 Å².